The van der Waals surface area contributed by atoms with Crippen LogP contribution in [0.1, 0.15) is 51.8 Å². The lowest BCUT2D eigenvalue weighted by atomic mass is 9.98. The first-order chi connectivity index (χ1) is 12.7. The van der Waals surface area contributed by atoms with Crippen LogP contribution in [0.2, 0.25) is 0 Å². The predicted molar refractivity (Wildman–Crippen MR) is 102 cm³/mol. The molecule has 8 nitrogen and oxygen atoms in total. The summed E-state index contributed by atoms with van der Waals surface area (Å²) in [6.45, 7) is 6.97. The van der Waals surface area contributed by atoms with E-state index in [9.17, 15) is 13.2 Å². The van der Waals surface area contributed by atoms with Gasteiger partial charge in [0.25, 0.3) is 5.91 Å². The summed E-state index contributed by atoms with van der Waals surface area (Å²) >= 11 is 0. The molecule has 0 fully saturated rings. The van der Waals surface area contributed by atoms with Crippen molar-refractivity contribution in [1.82, 2.24) is 10.5 Å². The van der Waals surface area contributed by atoms with Crippen molar-refractivity contribution in [3.8, 4) is 11.8 Å². The van der Waals surface area contributed by atoms with Crippen molar-refractivity contribution in [3.05, 3.63) is 29.6 Å². The van der Waals surface area contributed by atoms with Crippen LogP contribution in [0.15, 0.2) is 23.5 Å². The molecule has 1 aromatic heterocycles. The molecular formula is C18H25N3O5S. The number of rotatable bonds is 5. The molecule has 2 rings (SSSR count). The Kier molecular flexibility index (Phi) is 7.94. The molecule has 148 valence electrons. The van der Waals surface area contributed by atoms with E-state index in [1.807, 2.05) is 13.8 Å². The van der Waals surface area contributed by atoms with Crippen LogP contribution in [0.4, 0.5) is 0 Å². The number of hydroxylamine groups is 1. The molecule has 0 aliphatic carbocycles. The van der Waals surface area contributed by atoms with E-state index >= 15 is 0 Å². The number of hydrogen-bond donors (Lipinski definition) is 2. The minimum absolute atomic E-state index is 0.148. The summed E-state index contributed by atoms with van der Waals surface area (Å²) in [7, 11) is -3.79. The third-order valence-corrected chi connectivity index (χ3v) is 6.07. The Morgan fingerprint density at radius 2 is 2.11 bits per heavy atom. The maximum Gasteiger partial charge on any atom is 0.264 e. The molecule has 1 aliphatic heterocycles. The second-order valence-electron chi connectivity index (χ2n) is 5.92. The molecule has 0 bridgehead atoms. The van der Waals surface area contributed by atoms with Crippen molar-refractivity contribution < 1.29 is 23.3 Å². The predicted octanol–water partition coefficient (Wildman–Crippen LogP) is 1.67. The number of pyridine rings is 1. The fourth-order valence-electron chi connectivity index (χ4n) is 2.44. The van der Waals surface area contributed by atoms with E-state index in [0.717, 1.165) is 11.8 Å². The Labute approximate surface area is 159 Å². The lowest BCUT2D eigenvalue weighted by molar-refractivity contribution is -0.132. The number of carbonyl (C=O) groups excluding carboxylic acids is 1. The fourth-order valence-corrected chi connectivity index (χ4v) is 3.31. The maximum atomic E-state index is 12.0. The van der Waals surface area contributed by atoms with Gasteiger partial charge in [0, 0.05) is 30.9 Å². The lowest BCUT2D eigenvalue weighted by Crippen LogP contribution is -2.51. The Morgan fingerprint density at radius 3 is 2.59 bits per heavy atom. The maximum absolute atomic E-state index is 12.0. The minimum atomic E-state index is -3.79. The van der Waals surface area contributed by atoms with Gasteiger partial charge in [-0.2, -0.15) is 0 Å². The van der Waals surface area contributed by atoms with Gasteiger partial charge in [0.15, 0.2) is 14.6 Å². The van der Waals surface area contributed by atoms with Gasteiger partial charge >= 0.3 is 0 Å². The SMILES string of the molecule is CC.CC#Cc1ccc(C2=NOC(CC(C)(C(=O)NO)S(C)(=O)=O)C2)nc1. The van der Waals surface area contributed by atoms with Gasteiger partial charge in [-0.25, -0.2) is 13.9 Å². The first kappa shape index (κ1) is 22.6. The highest BCUT2D eigenvalue weighted by molar-refractivity contribution is 7.92. The van der Waals surface area contributed by atoms with E-state index in [1.165, 1.54) is 12.4 Å². The highest BCUT2D eigenvalue weighted by atomic mass is 32.2. The second-order valence-corrected chi connectivity index (χ2v) is 8.37. The van der Waals surface area contributed by atoms with Crippen molar-refractivity contribution >= 4 is 21.5 Å². The fraction of sp³-hybridized carbons (Fsp3) is 0.500. The van der Waals surface area contributed by atoms with Crippen LogP contribution in [-0.4, -0.2) is 47.3 Å². The van der Waals surface area contributed by atoms with E-state index in [1.54, 1.807) is 25.3 Å². The Balaban J connectivity index is 0.00000176. The Morgan fingerprint density at radius 1 is 1.44 bits per heavy atom. The first-order valence-corrected chi connectivity index (χ1v) is 10.4. The van der Waals surface area contributed by atoms with Gasteiger partial charge in [0.2, 0.25) is 0 Å². The molecule has 2 N–H and O–H groups in total. The lowest BCUT2D eigenvalue weighted by Gasteiger charge is -2.26. The molecule has 0 spiro atoms. The van der Waals surface area contributed by atoms with Crippen LogP contribution in [0.25, 0.3) is 0 Å². The largest absolute Gasteiger partial charge is 0.392 e. The number of sulfone groups is 1. The van der Waals surface area contributed by atoms with Crippen molar-refractivity contribution in [1.29, 1.82) is 0 Å². The van der Waals surface area contributed by atoms with Crippen molar-refractivity contribution in [3.63, 3.8) is 0 Å². The average molecular weight is 395 g/mol. The number of aromatic nitrogens is 1. The highest BCUT2D eigenvalue weighted by Crippen LogP contribution is 2.29. The molecule has 1 amide bonds. The van der Waals surface area contributed by atoms with Crippen LogP contribution in [0, 0.1) is 11.8 Å². The molecule has 1 aromatic rings. The van der Waals surface area contributed by atoms with Crippen LogP contribution < -0.4 is 5.48 Å². The molecule has 2 heterocycles. The standard InChI is InChI=1S/C16H19N3O5S.C2H6/c1-4-5-11-6-7-13(17-10-11)14-8-12(24-19-14)9-16(2,15(20)18-21)25(3,22)23;1-2/h6-7,10,12,21H,8-9H2,1-3H3,(H,18,20);1-2H3. The number of carbonyl (C=O) groups is 1. The van der Waals surface area contributed by atoms with E-state index < -0.39 is 26.6 Å². The number of amides is 1. The van der Waals surface area contributed by atoms with Crippen molar-refractivity contribution in [2.75, 3.05) is 6.26 Å². The molecule has 9 heteroatoms. The summed E-state index contributed by atoms with van der Waals surface area (Å²) < 4.78 is 22.2. The first-order valence-electron chi connectivity index (χ1n) is 8.47. The summed E-state index contributed by atoms with van der Waals surface area (Å²) in [6, 6.07) is 3.55. The summed E-state index contributed by atoms with van der Waals surface area (Å²) in [6.07, 6.45) is 2.08. The van der Waals surface area contributed by atoms with Gasteiger partial charge in [-0.15, -0.1) is 5.92 Å². The van der Waals surface area contributed by atoms with E-state index in [0.29, 0.717) is 17.8 Å². The van der Waals surface area contributed by atoms with Crippen LogP contribution in [-0.2, 0) is 19.5 Å². The Bertz CT molecular complexity index is 853. The topological polar surface area (TPSA) is 118 Å². The summed E-state index contributed by atoms with van der Waals surface area (Å²) in [5, 5.41) is 12.8. The molecule has 0 saturated carbocycles. The van der Waals surface area contributed by atoms with Gasteiger partial charge < -0.3 is 4.84 Å². The zero-order chi connectivity index (χ0) is 20.7. The normalized spacial score (nSPS) is 17.9. The molecular weight excluding hydrogens is 370 g/mol. The number of nitrogens with zero attached hydrogens (tertiary/aromatic N) is 2. The van der Waals surface area contributed by atoms with Crippen molar-refractivity contribution in [2.24, 2.45) is 5.16 Å². The quantitative estimate of drug-likeness (QED) is 0.445. The molecule has 1 aliphatic rings. The van der Waals surface area contributed by atoms with E-state index in [4.69, 9.17) is 10.0 Å². The average Bonchev–Trinajstić information content (AvgIpc) is 3.11. The third-order valence-electron chi connectivity index (χ3n) is 4.08. The third kappa shape index (κ3) is 5.28. The highest BCUT2D eigenvalue weighted by Gasteiger charge is 2.47. The zero-order valence-electron chi connectivity index (χ0n) is 16.1. The number of hydrogen-bond acceptors (Lipinski definition) is 7. The smallest absolute Gasteiger partial charge is 0.264 e. The molecule has 2 unspecified atom stereocenters. The minimum Gasteiger partial charge on any atom is -0.392 e. The zero-order valence-corrected chi connectivity index (χ0v) is 16.9. The molecule has 0 aromatic carbocycles. The number of oxime groups is 1. The summed E-state index contributed by atoms with van der Waals surface area (Å²) in [5.41, 5.74) is 3.33. The molecule has 0 saturated heterocycles. The van der Waals surface area contributed by atoms with Gasteiger partial charge in [0.1, 0.15) is 11.8 Å². The Hall–Kier alpha value is -2.44. The van der Waals surface area contributed by atoms with Gasteiger partial charge in [-0.3, -0.25) is 15.0 Å². The summed E-state index contributed by atoms with van der Waals surface area (Å²) in [5.74, 6) is 4.65. The van der Waals surface area contributed by atoms with Gasteiger partial charge in [-0.05, 0) is 26.0 Å². The summed E-state index contributed by atoms with van der Waals surface area (Å²) in [4.78, 5) is 21.4. The van der Waals surface area contributed by atoms with Crippen LogP contribution in [0.3, 0.4) is 0 Å². The van der Waals surface area contributed by atoms with E-state index in [2.05, 4.69) is 22.0 Å². The molecule has 0 radical (unpaired) electrons. The number of nitrogens with one attached hydrogen (secondary N) is 1. The van der Waals surface area contributed by atoms with E-state index in [-0.39, 0.29) is 6.42 Å². The van der Waals surface area contributed by atoms with Gasteiger partial charge in [-0.1, -0.05) is 24.9 Å². The van der Waals surface area contributed by atoms with Gasteiger partial charge in [0.05, 0.1) is 5.69 Å². The monoisotopic (exact) mass is 395 g/mol. The van der Waals surface area contributed by atoms with Crippen LogP contribution >= 0.6 is 0 Å². The molecule has 27 heavy (non-hydrogen) atoms. The van der Waals surface area contributed by atoms with Crippen LogP contribution in [0.5, 0.6) is 0 Å². The van der Waals surface area contributed by atoms with Crippen molar-refractivity contribution in [2.45, 2.75) is 51.4 Å². The molecule has 2 atom stereocenters. The second kappa shape index (κ2) is 9.48.